The van der Waals surface area contributed by atoms with Gasteiger partial charge in [-0.2, -0.15) is 0 Å². The Morgan fingerprint density at radius 1 is 0.682 bits per heavy atom. The van der Waals surface area contributed by atoms with Crippen molar-refractivity contribution in [2.24, 2.45) is 0 Å². The van der Waals surface area contributed by atoms with Crippen LogP contribution in [0.2, 0.25) is 0 Å². The van der Waals surface area contributed by atoms with Gasteiger partial charge in [0.2, 0.25) is 0 Å². The third kappa shape index (κ3) is 1.51. The maximum atomic E-state index is 5.77. The number of hydrogen-bond acceptors (Lipinski definition) is 3. The molecule has 2 heterocycles. The molecule has 5 rings (SSSR count). The van der Waals surface area contributed by atoms with Crippen molar-refractivity contribution in [3.05, 3.63) is 54.3 Å². The number of fused-ring (bicyclic) bond motifs is 5. The summed E-state index contributed by atoms with van der Waals surface area (Å²) in [6.45, 7) is 1.97. The summed E-state index contributed by atoms with van der Waals surface area (Å²) in [4.78, 5) is 0. The van der Waals surface area contributed by atoms with E-state index in [1.165, 1.54) is 10.8 Å². The topological polar surface area (TPSA) is 52.3 Å². The van der Waals surface area contributed by atoms with Crippen molar-refractivity contribution in [2.45, 2.75) is 6.92 Å². The average molecular weight is 287 g/mol. The fraction of sp³-hybridized carbons (Fsp3) is 0.0526. The van der Waals surface area contributed by atoms with Gasteiger partial charge in [-0.3, -0.25) is 0 Å². The molecule has 0 atom stereocenters. The molecule has 0 aliphatic rings. The second-order valence-electron chi connectivity index (χ2n) is 5.79. The molecule has 22 heavy (non-hydrogen) atoms. The van der Waals surface area contributed by atoms with Crippen LogP contribution in [0.4, 0.5) is 5.88 Å². The number of hydrogen-bond donors (Lipinski definition) is 1. The van der Waals surface area contributed by atoms with E-state index in [4.69, 9.17) is 14.6 Å². The lowest BCUT2D eigenvalue weighted by molar-refractivity contribution is 0.579. The van der Waals surface area contributed by atoms with Crippen molar-refractivity contribution >= 4 is 49.4 Å². The number of anilines is 1. The highest BCUT2D eigenvalue weighted by atomic mass is 16.3. The van der Waals surface area contributed by atoms with Crippen LogP contribution in [0.1, 0.15) is 5.76 Å². The van der Waals surface area contributed by atoms with E-state index < -0.39 is 0 Å². The van der Waals surface area contributed by atoms with Crippen LogP contribution in [0.15, 0.2) is 57.4 Å². The standard InChI is InChI=1S/C19H13NO2/c1-10-4-13-5-11-2-3-12-6-14-7-19(20)22-18(14)9-16(12)15(11)8-17(13)21-10/h2-9H,20H2,1H3. The van der Waals surface area contributed by atoms with E-state index in [1.54, 1.807) is 0 Å². The van der Waals surface area contributed by atoms with E-state index in [2.05, 4.69) is 42.5 Å². The number of aryl methyl sites for hydroxylation is 1. The van der Waals surface area contributed by atoms with Gasteiger partial charge < -0.3 is 14.6 Å². The Hall–Kier alpha value is -2.94. The molecular weight excluding hydrogens is 274 g/mol. The van der Waals surface area contributed by atoms with E-state index in [-0.39, 0.29) is 0 Å². The number of nitrogens with two attached hydrogens (primary N) is 1. The quantitative estimate of drug-likeness (QED) is 0.389. The van der Waals surface area contributed by atoms with Gasteiger partial charge in [-0.25, -0.2) is 0 Å². The minimum absolute atomic E-state index is 0.443. The molecule has 0 aliphatic heterocycles. The van der Waals surface area contributed by atoms with Crippen molar-refractivity contribution in [3.8, 4) is 0 Å². The highest BCUT2D eigenvalue weighted by Gasteiger charge is 2.09. The minimum atomic E-state index is 0.443. The van der Waals surface area contributed by atoms with Crippen LogP contribution in [0, 0.1) is 6.92 Å². The zero-order chi connectivity index (χ0) is 14.8. The first kappa shape index (κ1) is 11.7. The Morgan fingerprint density at radius 2 is 1.27 bits per heavy atom. The van der Waals surface area contributed by atoms with Gasteiger partial charge in [-0.05, 0) is 58.8 Å². The van der Waals surface area contributed by atoms with Gasteiger partial charge in [0.05, 0.1) is 0 Å². The molecule has 0 bridgehead atoms. The molecule has 0 unspecified atom stereocenters. The van der Waals surface area contributed by atoms with Crippen LogP contribution in [-0.4, -0.2) is 0 Å². The maximum absolute atomic E-state index is 5.77. The maximum Gasteiger partial charge on any atom is 0.191 e. The molecule has 3 heteroatoms. The van der Waals surface area contributed by atoms with Crippen LogP contribution in [0.3, 0.4) is 0 Å². The molecule has 2 aromatic heterocycles. The van der Waals surface area contributed by atoms with Gasteiger partial charge in [0.25, 0.3) is 0 Å². The van der Waals surface area contributed by atoms with Crippen molar-refractivity contribution < 1.29 is 8.83 Å². The van der Waals surface area contributed by atoms with E-state index in [9.17, 15) is 0 Å². The van der Waals surface area contributed by atoms with E-state index in [0.29, 0.717) is 5.88 Å². The molecule has 3 aromatic carbocycles. The first-order chi connectivity index (χ1) is 10.7. The third-order valence-corrected chi connectivity index (χ3v) is 4.25. The Bertz CT molecular complexity index is 1100. The first-order valence-corrected chi connectivity index (χ1v) is 7.23. The number of furan rings is 2. The van der Waals surface area contributed by atoms with Crippen LogP contribution in [-0.2, 0) is 0 Å². The molecule has 0 saturated heterocycles. The molecule has 0 fully saturated rings. The van der Waals surface area contributed by atoms with Crippen molar-refractivity contribution in [3.63, 3.8) is 0 Å². The van der Waals surface area contributed by atoms with Gasteiger partial charge in [-0.1, -0.05) is 12.1 Å². The van der Waals surface area contributed by atoms with Crippen LogP contribution in [0.5, 0.6) is 0 Å². The van der Waals surface area contributed by atoms with Crippen LogP contribution >= 0.6 is 0 Å². The smallest absolute Gasteiger partial charge is 0.191 e. The van der Waals surface area contributed by atoms with Crippen molar-refractivity contribution in [1.82, 2.24) is 0 Å². The molecule has 5 aromatic rings. The summed E-state index contributed by atoms with van der Waals surface area (Å²) in [6, 6.07) is 16.7. The van der Waals surface area contributed by atoms with Crippen LogP contribution < -0.4 is 5.73 Å². The summed E-state index contributed by atoms with van der Waals surface area (Å²) in [5.74, 6) is 1.37. The fourth-order valence-electron chi connectivity index (χ4n) is 3.28. The molecule has 0 amide bonds. The normalized spacial score (nSPS) is 12.0. The lowest BCUT2D eigenvalue weighted by atomic mass is 10.00. The summed E-state index contributed by atoms with van der Waals surface area (Å²) in [5.41, 5.74) is 7.49. The zero-order valence-electron chi connectivity index (χ0n) is 12.0. The SMILES string of the molecule is Cc1cc2cc3ccc4cc5cc(N)oc5cc4c3cc2o1. The first-order valence-electron chi connectivity index (χ1n) is 7.23. The molecule has 3 nitrogen and oxygen atoms in total. The van der Waals surface area contributed by atoms with E-state index in [1.807, 2.05) is 13.0 Å². The molecule has 106 valence electrons. The summed E-state index contributed by atoms with van der Waals surface area (Å²) < 4.78 is 11.3. The molecule has 0 saturated carbocycles. The van der Waals surface area contributed by atoms with Gasteiger partial charge >= 0.3 is 0 Å². The predicted octanol–water partition coefficient (Wildman–Crippen LogP) is 5.38. The Balaban J connectivity index is 1.99. The lowest BCUT2D eigenvalue weighted by Gasteiger charge is -2.04. The van der Waals surface area contributed by atoms with Gasteiger partial charge in [0.15, 0.2) is 5.88 Å². The Morgan fingerprint density at radius 3 is 1.95 bits per heavy atom. The molecule has 2 N–H and O–H groups in total. The monoisotopic (exact) mass is 287 g/mol. The Labute approximate surface area is 125 Å². The molecule has 0 radical (unpaired) electrons. The van der Waals surface area contributed by atoms with Crippen molar-refractivity contribution in [2.75, 3.05) is 5.73 Å². The van der Waals surface area contributed by atoms with Crippen LogP contribution in [0.25, 0.3) is 43.5 Å². The highest BCUT2D eigenvalue weighted by molar-refractivity contribution is 6.14. The molecule has 0 spiro atoms. The van der Waals surface area contributed by atoms with Gasteiger partial charge in [0.1, 0.15) is 16.9 Å². The average Bonchev–Trinajstić information content (AvgIpc) is 3.02. The molecular formula is C19H13NO2. The Kier molecular flexibility index (Phi) is 2.03. The van der Waals surface area contributed by atoms with E-state index >= 15 is 0 Å². The van der Waals surface area contributed by atoms with Crippen molar-refractivity contribution in [1.29, 1.82) is 0 Å². The minimum Gasteiger partial charge on any atom is -0.461 e. The number of rotatable bonds is 0. The fourth-order valence-corrected chi connectivity index (χ4v) is 3.28. The highest BCUT2D eigenvalue weighted by Crippen LogP contribution is 2.34. The second kappa shape index (κ2) is 3.83. The summed E-state index contributed by atoms with van der Waals surface area (Å²) in [5, 5.41) is 6.83. The summed E-state index contributed by atoms with van der Waals surface area (Å²) in [6.07, 6.45) is 0. The lowest BCUT2D eigenvalue weighted by Crippen LogP contribution is -1.78. The predicted molar refractivity (Wildman–Crippen MR) is 90.1 cm³/mol. The van der Waals surface area contributed by atoms with Gasteiger partial charge in [-0.15, -0.1) is 0 Å². The second-order valence-corrected chi connectivity index (χ2v) is 5.79. The summed E-state index contributed by atoms with van der Waals surface area (Å²) >= 11 is 0. The zero-order valence-corrected chi connectivity index (χ0v) is 12.0. The van der Waals surface area contributed by atoms with Gasteiger partial charge in [0, 0.05) is 16.8 Å². The third-order valence-electron chi connectivity index (χ3n) is 4.25. The molecule has 0 aliphatic carbocycles. The largest absolute Gasteiger partial charge is 0.461 e. The summed E-state index contributed by atoms with van der Waals surface area (Å²) in [7, 11) is 0. The number of nitrogen functional groups attached to an aromatic ring is 1. The van der Waals surface area contributed by atoms with E-state index in [0.717, 1.165) is 38.5 Å². The number of benzene rings is 3.